The summed E-state index contributed by atoms with van der Waals surface area (Å²) in [5, 5.41) is 29.0. The fourth-order valence-corrected chi connectivity index (χ4v) is 1.50. The minimum atomic E-state index is -0.718. The van der Waals surface area contributed by atoms with Gasteiger partial charge in [-0.3, -0.25) is 15.5 Å². The molecule has 0 radical (unpaired) electrons. The molecule has 0 saturated heterocycles. The fourth-order valence-electron chi connectivity index (χ4n) is 1.34. The van der Waals surface area contributed by atoms with Crippen molar-refractivity contribution in [2.45, 2.75) is 19.8 Å². The lowest BCUT2D eigenvalue weighted by Crippen LogP contribution is -2.32. The van der Waals surface area contributed by atoms with Gasteiger partial charge in [0.05, 0.1) is 11.1 Å². The van der Waals surface area contributed by atoms with Gasteiger partial charge in [-0.1, -0.05) is 25.5 Å². The Labute approximate surface area is 121 Å². The zero-order chi connectivity index (χ0) is 15.0. The minimum absolute atomic E-state index is 0.379. The molecule has 1 aromatic rings. The summed E-state index contributed by atoms with van der Waals surface area (Å²) in [7, 11) is 0. The van der Waals surface area contributed by atoms with Gasteiger partial charge < -0.3 is 10.4 Å². The third kappa shape index (κ3) is 5.19. The number of nitrogens with one attached hydrogen (secondary N) is 2. The summed E-state index contributed by atoms with van der Waals surface area (Å²) >= 11 is 4.98. The molecule has 0 unspecified atom stereocenters. The van der Waals surface area contributed by atoms with Crippen LogP contribution in [0.4, 0.5) is 5.69 Å². The number of nitrogens with zero attached hydrogens (tertiary/aromatic N) is 2. The molecular weight excluding hydrogens is 280 g/mol. The zero-order valence-electron chi connectivity index (χ0n) is 11.0. The van der Waals surface area contributed by atoms with Crippen molar-refractivity contribution in [1.82, 2.24) is 10.7 Å². The highest BCUT2D eigenvalue weighted by molar-refractivity contribution is 7.80. The molecule has 0 spiro atoms. The van der Waals surface area contributed by atoms with Crippen LogP contribution < -0.4 is 15.8 Å². The number of rotatable bonds is 6. The van der Waals surface area contributed by atoms with Crippen molar-refractivity contribution >= 4 is 29.2 Å². The average molecular weight is 295 g/mol. The Balaban J connectivity index is 2.56. The summed E-state index contributed by atoms with van der Waals surface area (Å²) in [6.07, 6.45) is 3.42. The number of benzene rings is 1. The Morgan fingerprint density at radius 1 is 1.55 bits per heavy atom. The van der Waals surface area contributed by atoms with Crippen LogP contribution in [0, 0.1) is 10.1 Å². The van der Waals surface area contributed by atoms with Crippen molar-refractivity contribution in [2.75, 3.05) is 6.54 Å². The van der Waals surface area contributed by atoms with Gasteiger partial charge in [-0.15, -0.1) is 0 Å². The van der Waals surface area contributed by atoms with Crippen LogP contribution in [0.2, 0.25) is 0 Å². The van der Waals surface area contributed by atoms with E-state index in [-0.39, 0.29) is 0 Å². The topological polar surface area (TPSA) is 103 Å². The van der Waals surface area contributed by atoms with E-state index < -0.39 is 16.4 Å². The molecule has 0 saturated carbocycles. The summed E-state index contributed by atoms with van der Waals surface area (Å²) < 4.78 is 0. The lowest BCUT2D eigenvalue weighted by molar-refractivity contribution is -0.398. The molecule has 0 aliphatic rings. The third-order valence-electron chi connectivity index (χ3n) is 2.38. The summed E-state index contributed by atoms with van der Waals surface area (Å²) in [5.41, 5.74) is 2.57. The maximum atomic E-state index is 11.2. The first-order valence-corrected chi connectivity index (χ1v) is 6.47. The van der Waals surface area contributed by atoms with Gasteiger partial charge in [-0.25, -0.2) is 0 Å². The van der Waals surface area contributed by atoms with E-state index in [4.69, 9.17) is 12.2 Å². The molecule has 0 amide bonds. The van der Waals surface area contributed by atoms with Crippen molar-refractivity contribution in [2.24, 2.45) is 5.10 Å². The normalized spacial score (nSPS) is 10.4. The third-order valence-corrected chi connectivity index (χ3v) is 2.61. The van der Waals surface area contributed by atoms with Crippen molar-refractivity contribution in [3.63, 3.8) is 0 Å². The maximum absolute atomic E-state index is 11.2. The molecule has 1 aromatic carbocycles. The second-order valence-electron chi connectivity index (χ2n) is 3.96. The van der Waals surface area contributed by atoms with E-state index in [2.05, 4.69) is 22.8 Å². The van der Waals surface area contributed by atoms with Crippen molar-refractivity contribution in [3.8, 4) is 5.75 Å². The Bertz CT molecular complexity index is 519. The number of thiocarbonyl (C=S) groups is 1. The lowest BCUT2D eigenvalue weighted by atomic mass is 10.2. The van der Waals surface area contributed by atoms with Gasteiger partial charge in [0.15, 0.2) is 5.11 Å². The SMILES string of the molecule is CCCCNC(=S)N/N=C\c1ccc([O-])c([N+](=O)[O-])c1. The minimum Gasteiger partial charge on any atom is -0.868 e. The lowest BCUT2D eigenvalue weighted by Gasteiger charge is -2.07. The summed E-state index contributed by atoms with van der Waals surface area (Å²) in [6.45, 7) is 2.83. The van der Waals surface area contributed by atoms with Crippen LogP contribution in [0.3, 0.4) is 0 Å². The highest BCUT2D eigenvalue weighted by atomic mass is 32.1. The highest BCUT2D eigenvalue weighted by Gasteiger charge is 2.06. The molecule has 2 N–H and O–H groups in total. The van der Waals surface area contributed by atoms with Gasteiger partial charge in [0.25, 0.3) is 5.69 Å². The molecule has 0 aliphatic carbocycles. The number of nitro benzene ring substituents is 1. The van der Waals surface area contributed by atoms with E-state index in [1.54, 1.807) is 0 Å². The smallest absolute Gasteiger partial charge is 0.262 e. The second-order valence-corrected chi connectivity index (χ2v) is 4.37. The molecule has 1 rings (SSSR count). The molecule has 0 atom stereocenters. The number of unbranched alkanes of at least 4 members (excludes halogenated alkanes) is 1. The van der Waals surface area contributed by atoms with E-state index in [0.717, 1.165) is 25.5 Å². The largest absolute Gasteiger partial charge is 0.868 e. The summed E-state index contributed by atoms with van der Waals surface area (Å²) in [5.74, 6) is -0.628. The van der Waals surface area contributed by atoms with Crippen LogP contribution in [0.25, 0.3) is 0 Å². The van der Waals surface area contributed by atoms with Crippen LogP contribution in [-0.4, -0.2) is 22.8 Å². The molecule has 0 aliphatic heterocycles. The molecule has 20 heavy (non-hydrogen) atoms. The van der Waals surface area contributed by atoms with Crippen molar-refractivity contribution < 1.29 is 10.0 Å². The number of hydrogen-bond donors (Lipinski definition) is 2. The number of nitro groups is 1. The Kier molecular flexibility index (Phi) is 6.38. The maximum Gasteiger partial charge on any atom is 0.262 e. The van der Waals surface area contributed by atoms with Gasteiger partial charge in [0.1, 0.15) is 0 Å². The molecule has 0 bridgehead atoms. The van der Waals surface area contributed by atoms with Crippen molar-refractivity contribution in [1.29, 1.82) is 0 Å². The summed E-state index contributed by atoms with van der Waals surface area (Å²) in [6, 6.07) is 3.76. The average Bonchev–Trinajstić information content (AvgIpc) is 2.40. The molecule has 0 fully saturated rings. The Morgan fingerprint density at radius 2 is 2.30 bits per heavy atom. The van der Waals surface area contributed by atoms with Crippen LogP contribution in [0.5, 0.6) is 5.75 Å². The van der Waals surface area contributed by atoms with E-state index in [0.29, 0.717) is 10.7 Å². The van der Waals surface area contributed by atoms with E-state index in [9.17, 15) is 15.2 Å². The van der Waals surface area contributed by atoms with Gasteiger partial charge in [-0.2, -0.15) is 5.10 Å². The quantitative estimate of drug-likeness (QED) is 0.269. The van der Waals surface area contributed by atoms with Crippen LogP contribution >= 0.6 is 12.2 Å². The Hall–Kier alpha value is -2.22. The molecule has 108 valence electrons. The van der Waals surface area contributed by atoms with Gasteiger partial charge in [-0.05, 0) is 24.4 Å². The first-order valence-electron chi connectivity index (χ1n) is 6.07. The molecule has 0 aromatic heterocycles. The highest BCUT2D eigenvalue weighted by Crippen LogP contribution is 2.22. The van der Waals surface area contributed by atoms with E-state index >= 15 is 0 Å². The van der Waals surface area contributed by atoms with Crippen LogP contribution in [0.15, 0.2) is 23.3 Å². The van der Waals surface area contributed by atoms with E-state index in [1.165, 1.54) is 18.3 Å². The summed E-state index contributed by atoms with van der Waals surface area (Å²) in [4.78, 5) is 9.90. The van der Waals surface area contributed by atoms with Gasteiger partial charge in [0.2, 0.25) is 0 Å². The Morgan fingerprint density at radius 3 is 2.95 bits per heavy atom. The van der Waals surface area contributed by atoms with Crippen LogP contribution in [-0.2, 0) is 0 Å². The molecule has 0 heterocycles. The van der Waals surface area contributed by atoms with Crippen LogP contribution in [0.1, 0.15) is 25.3 Å². The number of hydrogen-bond acceptors (Lipinski definition) is 5. The van der Waals surface area contributed by atoms with Gasteiger partial charge >= 0.3 is 0 Å². The predicted molar refractivity (Wildman–Crippen MR) is 78.8 cm³/mol. The monoisotopic (exact) mass is 295 g/mol. The fraction of sp³-hybridized carbons (Fsp3) is 0.333. The first kappa shape index (κ1) is 15.8. The molecule has 8 heteroatoms. The predicted octanol–water partition coefficient (Wildman–Crippen LogP) is 1.27. The van der Waals surface area contributed by atoms with E-state index in [1.807, 2.05) is 0 Å². The zero-order valence-corrected chi connectivity index (χ0v) is 11.8. The van der Waals surface area contributed by atoms with Crippen molar-refractivity contribution in [3.05, 3.63) is 33.9 Å². The molecule has 7 nitrogen and oxygen atoms in total. The van der Waals surface area contributed by atoms with Gasteiger partial charge in [0, 0.05) is 18.2 Å². The number of hydrazone groups is 1. The molecular formula is C12H15N4O3S-. The second kappa shape index (κ2) is 8.05. The first-order chi connectivity index (χ1) is 9.54. The standard InChI is InChI=1S/C12H16N4O3S/c1-2-3-6-13-12(20)15-14-8-9-4-5-11(17)10(7-9)16(18)19/h4-5,7-8,17H,2-3,6H2,1H3,(H2,13,15,20)/p-1/b14-8-.